The van der Waals surface area contributed by atoms with Gasteiger partial charge in [-0.05, 0) is 30.2 Å². The van der Waals surface area contributed by atoms with Crippen LogP contribution in [0.2, 0.25) is 10.0 Å². The Morgan fingerprint density at radius 1 is 1.17 bits per heavy atom. The van der Waals surface area contributed by atoms with Crippen LogP contribution in [0.15, 0.2) is 55.4 Å². The number of aromatic nitrogens is 4. The molecule has 0 amide bonds. The molecule has 3 aromatic rings. The lowest BCUT2D eigenvalue weighted by molar-refractivity contribution is 0.106. The highest BCUT2D eigenvalue weighted by Crippen LogP contribution is 2.34. The molecule has 3 rings (SSSR count). The Bertz CT molecular complexity index is 765. The topological polar surface area (TPSA) is 63.8 Å². The number of hydrogen-bond acceptors (Lipinski definition) is 4. The molecule has 0 unspecified atom stereocenters. The first kappa shape index (κ1) is 15.9. The molecule has 0 fully saturated rings. The molecule has 0 bridgehead atoms. The Labute approximate surface area is 143 Å². The first-order valence-electron chi connectivity index (χ1n) is 7.01. The van der Waals surface area contributed by atoms with E-state index in [1.54, 1.807) is 41.6 Å². The molecule has 0 saturated carbocycles. The van der Waals surface area contributed by atoms with Crippen molar-refractivity contribution in [2.24, 2.45) is 0 Å². The maximum Gasteiger partial charge on any atom is 0.137 e. The van der Waals surface area contributed by atoms with Crippen molar-refractivity contribution in [2.45, 2.75) is 18.6 Å². The second-order valence-corrected chi connectivity index (χ2v) is 5.96. The standard InChI is InChI=1S/C16H14Cl2N4O/c17-12-3-4-13(14(18)7-12)16(23)15(22-10-20-9-21-22)6-11-2-1-5-19-8-11/h1-5,7-10,15-16,23H,6H2/t15-,16+/m1/s1. The van der Waals surface area contributed by atoms with Gasteiger partial charge in [0.2, 0.25) is 0 Å². The van der Waals surface area contributed by atoms with Crippen molar-refractivity contribution in [3.63, 3.8) is 0 Å². The molecule has 0 aliphatic heterocycles. The third-order valence-electron chi connectivity index (χ3n) is 3.59. The normalized spacial score (nSPS) is 13.7. The Hall–Kier alpha value is -1.95. The zero-order chi connectivity index (χ0) is 16.2. The van der Waals surface area contributed by atoms with Gasteiger partial charge in [-0.3, -0.25) is 4.98 Å². The van der Waals surface area contributed by atoms with Crippen LogP contribution in [0.1, 0.15) is 23.3 Å². The summed E-state index contributed by atoms with van der Waals surface area (Å²) in [7, 11) is 0. The van der Waals surface area contributed by atoms with Crippen LogP contribution in [-0.2, 0) is 6.42 Å². The molecule has 0 aliphatic rings. The van der Waals surface area contributed by atoms with E-state index in [-0.39, 0.29) is 6.04 Å². The Kier molecular flexibility index (Phi) is 4.91. The maximum atomic E-state index is 10.8. The lowest BCUT2D eigenvalue weighted by atomic mass is 9.97. The van der Waals surface area contributed by atoms with Gasteiger partial charge in [0.05, 0.1) is 6.04 Å². The lowest BCUT2D eigenvalue weighted by Crippen LogP contribution is -2.21. The predicted molar refractivity (Wildman–Crippen MR) is 88.4 cm³/mol. The van der Waals surface area contributed by atoms with Crippen LogP contribution in [0.3, 0.4) is 0 Å². The summed E-state index contributed by atoms with van der Waals surface area (Å²) in [5.74, 6) is 0. The third-order valence-corrected chi connectivity index (χ3v) is 4.15. The zero-order valence-electron chi connectivity index (χ0n) is 12.0. The molecule has 5 nitrogen and oxygen atoms in total. The fraction of sp³-hybridized carbons (Fsp3) is 0.188. The van der Waals surface area contributed by atoms with Gasteiger partial charge in [-0.1, -0.05) is 35.3 Å². The van der Waals surface area contributed by atoms with Gasteiger partial charge in [0.15, 0.2) is 0 Å². The number of aliphatic hydroxyl groups is 1. The summed E-state index contributed by atoms with van der Waals surface area (Å²) in [6.45, 7) is 0. The number of nitrogens with zero attached hydrogens (tertiary/aromatic N) is 4. The monoisotopic (exact) mass is 348 g/mol. The molecular weight excluding hydrogens is 335 g/mol. The van der Waals surface area contributed by atoms with Gasteiger partial charge in [-0.25, -0.2) is 9.67 Å². The summed E-state index contributed by atoms with van der Waals surface area (Å²) in [5.41, 5.74) is 1.58. The summed E-state index contributed by atoms with van der Waals surface area (Å²) >= 11 is 12.2. The molecule has 2 aromatic heterocycles. The highest BCUT2D eigenvalue weighted by Gasteiger charge is 2.25. The molecule has 2 heterocycles. The van der Waals surface area contributed by atoms with Gasteiger partial charge in [0.1, 0.15) is 18.8 Å². The van der Waals surface area contributed by atoms with Crippen LogP contribution in [0.5, 0.6) is 0 Å². The molecule has 1 N–H and O–H groups in total. The molecule has 23 heavy (non-hydrogen) atoms. The Morgan fingerprint density at radius 3 is 2.70 bits per heavy atom. The summed E-state index contributed by atoms with van der Waals surface area (Å²) in [6, 6.07) is 8.49. The van der Waals surface area contributed by atoms with E-state index in [1.165, 1.54) is 6.33 Å². The van der Waals surface area contributed by atoms with Gasteiger partial charge >= 0.3 is 0 Å². The molecule has 1 aromatic carbocycles. The number of halogens is 2. The first-order chi connectivity index (χ1) is 11.1. The summed E-state index contributed by atoms with van der Waals surface area (Å²) in [6.07, 6.45) is 6.17. The predicted octanol–water partition coefficient (Wildman–Crippen LogP) is 3.50. The third kappa shape index (κ3) is 3.69. The van der Waals surface area contributed by atoms with Crippen LogP contribution < -0.4 is 0 Å². The summed E-state index contributed by atoms with van der Waals surface area (Å²) in [5, 5.41) is 16.0. The van der Waals surface area contributed by atoms with Crippen molar-refractivity contribution >= 4 is 23.2 Å². The molecule has 0 spiro atoms. The van der Waals surface area contributed by atoms with Crippen LogP contribution in [0.25, 0.3) is 0 Å². The quantitative estimate of drug-likeness (QED) is 0.766. The minimum atomic E-state index is -0.860. The van der Waals surface area contributed by atoms with Crippen molar-refractivity contribution in [2.75, 3.05) is 0 Å². The van der Waals surface area contributed by atoms with Crippen LogP contribution in [-0.4, -0.2) is 24.9 Å². The smallest absolute Gasteiger partial charge is 0.137 e. The highest BCUT2D eigenvalue weighted by molar-refractivity contribution is 6.35. The number of rotatable bonds is 5. The van der Waals surface area contributed by atoms with Crippen molar-refractivity contribution in [3.8, 4) is 0 Å². The van der Waals surface area contributed by atoms with Gasteiger partial charge < -0.3 is 5.11 Å². The van der Waals surface area contributed by atoms with E-state index in [9.17, 15) is 5.11 Å². The van der Waals surface area contributed by atoms with Crippen molar-refractivity contribution in [1.82, 2.24) is 19.7 Å². The number of pyridine rings is 1. The molecule has 0 saturated heterocycles. The molecular formula is C16H14Cl2N4O. The van der Waals surface area contributed by atoms with E-state index in [0.29, 0.717) is 22.0 Å². The minimum absolute atomic E-state index is 0.361. The number of aliphatic hydroxyl groups excluding tert-OH is 1. The van der Waals surface area contributed by atoms with E-state index < -0.39 is 6.10 Å². The van der Waals surface area contributed by atoms with Crippen LogP contribution in [0.4, 0.5) is 0 Å². The highest BCUT2D eigenvalue weighted by atomic mass is 35.5. The largest absolute Gasteiger partial charge is 0.386 e. The fourth-order valence-corrected chi connectivity index (χ4v) is 2.97. The SMILES string of the molecule is O[C@@H](c1ccc(Cl)cc1Cl)[C@@H](Cc1cccnc1)n1cncn1. The average molecular weight is 349 g/mol. The van der Waals surface area contributed by atoms with E-state index >= 15 is 0 Å². The second kappa shape index (κ2) is 7.08. The van der Waals surface area contributed by atoms with E-state index in [4.69, 9.17) is 23.2 Å². The fourth-order valence-electron chi connectivity index (χ4n) is 2.45. The lowest BCUT2D eigenvalue weighted by Gasteiger charge is -2.24. The van der Waals surface area contributed by atoms with Crippen molar-refractivity contribution in [1.29, 1.82) is 0 Å². The maximum absolute atomic E-state index is 10.8. The van der Waals surface area contributed by atoms with Gasteiger partial charge in [0, 0.05) is 28.0 Å². The van der Waals surface area contributed by atoms with Gasteiger partial charge in [-0.15, -0.1) is 0 Å². The Balaban J connectivity index is 1.94. The number of benzene rings is 1. The molecule has 7 heteroatoms. The Morgan fingerprint density at radius 2 is 2.04 bits per heavy atom. The summed E-state index contributed by atoms with van der Waals surface area (Å²) in [4.78, 5) is 8.08. The van der Waals surface area contributed by atoms with E-state index in [2.05, 4.69) is 15.1 Å². The van der Waals surface area contributed by atoms with Crippen LogP contribution in [0, 0.1) is 0 Å². The molecule has 2 atom stereocenters. The van der Waals surface area contributed by atoms with Gasteiger partial charge in [-0.2, -0.15) is 5.10 Å². The second-order valence-electron chi connectivity index (χ2n) is 5.12. The van der Waals surface area contributed by atoms with E-state index in [0.717, 1.165) is 5.56 Å². The molecule has 118 valence electrons. The van der Waals surface area contributed by atoms with E-state index in [1.807, 2.05) is 12.1 Å². The van der Waals surface area contributed by atoms with Gasteiger partial charge in [0.25, 0.3) is 0 Å². The van der Waals surface area contributed by atoms with Crippen LogP contribution >= 0.6 is 23.2 Å². The van der Waals surface area contributed by atoms with Crippen molar-refractivity contribution < 1.29 is 5.11 Å². The summed E-state index contributed by atoms with van der Waals surface area (Å²) < 4.78 is 1.63. The first-order valence-corrected chi connectivity index (χ1v) is 7.77. The number of hydrogen-bond donors (Lipinski definition) is 1. The minimum Gasteiger partial charge on any atom is -0.386 e. The zero-order valence-corrected chi connectivity index (χ0v) is 13.6. The molecule has 0 radical (unpaired) electrons. The van der Waals surface area contributed by atoms with Crippen molar-refractivity contribution in [3.05, 3.63) is 76.6 Å². The average Bonchev–Trinajstić information content (AvgIpc) is 3.07. The molecule has 0 aliphatic carbocycles.